The van der Waals surface area contributed by atoms with Gasteiger partial charge in [0.1, 0.15) is 0 Å². The molecule has 1 aliphatic rings. The molecule has 0 aliphatic heterocycles. The van der Waals surface area contributed by atoms with E-state index in [1.165, 1.54) is 25.7 Å². The fourth-order valence-electron chi connectivity index (χ4n) is 2.75. The molecule has 0 aromatic carbocycles. The van der Waals surface area contributed by atoms with Crippen LogP contribution in [0.5, 0.6) is 0 Å². The Kier molecular flexibility index (Phi) is 8.07. The van der Waals surface area contributed by atoms with Gasteiger partial charge in [-0.2, -0.15) is 0 Å². The van der Waals surface area contributed by atoms with E-state index in [9.17, 15) is 4.79 Å². The van der Waals surface area contributed by atoms with Crippen LogP contribution in [0.4, 0.5) is 0 Å². The number of amides is 1. The monoisotopic (exact) mass is 270 g/mol. The van der Waals surface area contributed by atoms with Crippen LogP contribution in [0.1, 0.15) is 46.0 Å². The van der Waals surface area contributed by atoms with Crippen LogP contribution in [0.25, 0.3) is 0 Å². The second kappa shape index (κ2) is 9.32. The van der Waals surface area contributed by atoms with Gasteiger partial charge < -0.3 is 15.4 Å². The summed E-state index contributed by atoms with van der Waals surface area (Å²) >= 11 is 0. The maximum atomic E-state index is 11.8. The van der Waals surface area contributed by atoms with Gasteiger partial charge in [0.2, 0.25) is 5.91 Å². The fourth-order valence-corrected chi connectivity index (χ4v) is 2.75. The van der Waals surface area contributed by atoms with Crippen molar-refractivity contribution in [2.45, 2.75) is 52.0 Å². The van der Waals surface area contributed by atoms with E-state index in [-0.39, 0.29) is 5.91 Å². The summed E-state index contributed by atoms with van der Waals surface area (Å²) in [6, 6.07) is 0.399. The zero-order valence-corrected chi connectivity index (χ0v) is 12.7. The molecule has 1 aliphatic carbocycles. The number of hydrogen-bond acceptors (Lipinski definition) is 3. The molecule has 2 N–H and O–H groups in total. The maximum absolute atomic E-state index is 11.8. The Labute approximate surface area is 117 Å². The summed E-state index contributed by atoms with van der Waals surface area (Å²) in [6.45, 7) is 6.31. The molecule has 0 heterocycles. The van der Waals surface area contributed by atoms with E-state index in [1.54, 1.807) is 7.11 Å². The van der Waals surface area contributed by atoms with Crippen molar-refractivity contribution in [3.05, 3.63) is 0 Å². The molecule has 4 heteroatoms. The summed E-state index contributed by atoms with van der Waals surface area (Å²) in [5, 5.41) is 6.28. The first kappa shape index (κ1) is 16.4. The lowest BCUT2D eigenvalue weighted by Gasteiger charge is -2.22. The molecule has 1 fully saturated rings. The highest BCUT2D eigenvalue weighted by Gasteiger charge is 2.27. The first-order valence-corrected chi connectivity index (χ1v) is 7.62. The lowest BCUT2D eigenvalue weighted by atomic mass is 9.93. The van der Waals surface area contributed by atoms with Crippen molar-refractivity contribution in [3.63, 3.8) is 0 Å². The van der Waals surface area contributed by atoms with E-state index in [1.807, 2.05) is 0 Å². The minimum Gasteiger partial charge on any atom is -0.383 e. The average Bonchev–Trinajstić information content (AvgIpc) is 2.79. The molecular weight excluding hydrogens is 240 g/mol. The largest absolute Gasteiger partial charge is 0.383 e. The van der Waals surface area contributed by atoms with Crippen molar-refractivity contribution < 1.29 is 9.53 Å². The molecule has 19 heavy (non-hydrogen) atoms. The summed E-state index contributed by atoms with van der Waals surface area (Å²) in [4.78, 5) is 11.8. The van der Waals surface area contributed by atoms with Crippen LogP contribution in [0.3, 0.4) is 0 Å². The molecule has 0 spiro atoms. The predicted octanol–water partition coefficient (Wildman–Crippen LogP) is 1.94. The Morgan fingerprint density at radius 1 is 1.37 bits per heavy atom. The van der Waals surface area contributed by atoms with Crippen LogP contribution in [-0.2, 0) is 9.53 Å². The first-order valence-electron chi connectivity index (χ1n) is 7.62. The molecule has 2 unspecified atom stereocenters. The second-order valence-electron chi connectivity index (χ2n) is 6.01. The molecule has 1 amide bonds. The number of carbonyl (C=O) groups excluding carboxylic acids is 1. The van der Waals surface area contributed by atoms with Crippen LogP contribution < -0.4 is 10.6 Å². The molecule has 2 atom stereocenters. The molecular formula is C15H30N2O2. The van der Waals surface area contributed by atoms with Crippen LogP contribution >= 0.6 is 0 Å². The van der Waals surface area contributed by atoms with Gasteiger partial charge in [0, 0.05) is 19.7 Å². The molecule has 0 radical (unpaired) electrons. The van der Waals surface area contributed by atoms with Gasteiger partial charge >= 0.3 is 0 Å². The van der Waals surface area contributed by atoms with Crippen LogP contribution in [0.15, 0.2) is 0 Å². The van der Waals surface area contributed by atoms with Crippen molar-refractivity contribution in [1.29, 1.82) is 0 Å². The highest BCUT2D eigenvalue weighted by Crippen LogP contribution is 2.30. The zero-order chi connectivity index (χ0) is 14.1. The molecule has 0 aromatic heterocycles. The Morgan fingerprint density at radius 3 is 2.84 bits per heavy atom. The number of hydrogen-bond donors (Lipinski definition) is 2. The topological polar surface area (TPSA) is 50.4 Å². The van der Waals surface area contributed by atoms with Gasteiger partial charge in [-0.25, -0.2) is 0 Å². The lowest BCUT2D eigenvalue weighted by Crippen LogP contribution is -2.42. The Balaban J connectivity index is 2.20. The average molecular weight is 270 g/mol. The molecule has 1 rings (SSSR count). The highest BCUT2D eigenvalue weighted by atomic mass is 16.5. The minimum atomic E-state index is 0.123. The number of nitrogens with one attached hydrogen (secondary N) is 2. The fraction of sp³-hybridized carbons (Fsp3) is 0.933. The van der Waals surface area contributed by atoms with E-state index in [0.717, 1.165) is 18.9 Å². The summed E-state index contributed by atoms with van der Waals surface area (Å²) in [5.74, 6) is 1.57. The third kappa shape index (κ3) is 6.92. The van der Waals surface area contributed by atoms with E-state index in [4.69, 9.17) is 4.74 Å². The maximum Gasteiger partial charge on any atom is 0.234 e. The van der Waals surface area contributed by atoms with Crippen LogP contribution in [0, 0.1) is 11.8 Å². The molecule has 112 valence electrons. The number of rotatable bonds is 9. The number of ether oxygens (including phenoxy) is 1. The smallest absolute Gasteiger partial charge is 0.234 e. The van der Waals surface area contributed by atoms with Crippen molar-refractivity contribution in [2.75, 3.05) is 26.8 Å². The molecule has 4 nitrogen and oxygen atoms in total. The normalized spacial score (nSPS) is 22.9. The first-order chi connectivity index (χ1) is 9.13. The molecule has 0 saturated heterocycles. The standard InChI is InChI=1S/C15H30N2O2/c1-12(2)7-8-13-5-4-6-14(13)17-15(18)11-16-9-10-19-3/h12-14,16H,4-11H2,1-3H3,(H,17,18). The van der Waals surface area contributed by atoms with Gasteiger partial charge in [-0.15, -0.1) is 0 Å². The lowest BCUT2D eigenvalue weighted by molar-refractivity contribution is -0.121. The van der Waals surface area contributed by atoms with Crippen molar-refractivity contribution in [2.24, 2.45) is 11.8 Å². The zero-order valence-electron chi connectivity index (χ0n) is 12.7. The summed E-state index contributed by atoms with van der Waals surface area (Å²) < 4.78 is 4.93. The Morgan fingerprint density at radius 2 is 2.16 bits per heavy atom. The van der Waals surface area contributed by atoms with Gasteiger partial charge in [-0.1, -0.05) is 26.7 Å². The van der Waals surface area contributed by atoms with Crippen molar-refractivity contribution in [3.8, 4) is 0 Å². The second-order valence-corrected chi connectivity index (χ2v) is 6.01. The number of methoxy groups -OCH3 is 1. The van der Waals surface area contributed by atoms with Gasteiger partial charge in [0.25, 0.3) is 0 Å². The van der Waals surface area contributed by atoms with Gasteiger partial charge in [-0.3, -0.25) is 4.79 Å². The highest BCUT2D eigenvalue weighted by molar-refractivity contribution is 5.78. The molecule has 1 saturated carbocycles. The SMILES string of the molecule is COCCNCC(=O)NC1CCCC1CCC(C)C. The van der Waals surface area contributed by atoms with Gasteiger partial charge in [0.05, 0.1) is 13.2 Å². The Hall–Kier alpha value is -0.610. The van der Waals surface area contributed by atoms with E-state index in [2.05, 4.69) is 24.5 Å². The summed E-state index contributed by atoms with van der Waals surface area (Å²) in [7, 11) is 1.67. The third-order valence-electron chi connectivity index (χ3n) is 3.89. The van der Waals surface area contributed by atoms with E-state index < -0.39 is 0 Å². The predicted molar refractivity (Wildman–Crippen MR) is 78.1 cm³/mol. The van der Waals surface area contributed by atoms with Crippen LogP contribution in [-0.4, -0.2) is 38.8 Å². The van der Waals surface area contributed by atoms with E-state index in [0.29, 0.717) is 25.1 Å². The van der Waals surface area contributed by atoms with Crippen molar-refractivity contribution in [1.82, 2.24) is 10.6 Å². The van der Waals surface area contributed by atoms with Gasteiger partial charge in [-0.05, 0) is 31.1 Å². The van der Waals surface area contributed by atoms with Crippen LogP contribution in [0.2, 0.25) is 0 Å². The number of carbonyl (C=O) groups is 1. The quantitative estimate of drug-likeness (QED) is 0.630. The molecule has 0 aromatic rings. The van der Waals surface area contributed by atoms with E-state index >= 15 is 0 Å². The summed E-state index contributed by atoms with van der Waals surface area (Å²) in [5.41, 5.74) is 0. The minimum absolute atomic E-state index is 0.123. The third-order valence-corrected chi connectivity index (χ3v) is 3.89. The molecule has 0 bridgehead atoms. The Bertz CT molecular complexity index is 257. The van der Waals surface area contributed by atoms with Crippen molar-refractivity contribution >= 4 is 5.91 Å². The van der Waals surface area contributed by atoms with Gasteiger partial charge in [0.15, 0.2) is 0 Å². The summed E-state index contributed by atoms with van der Waals surface area (Å²) in [6.07, 6.45) is 6.19.